The lowest BCUT2D eigenvalue weighted by Gasteiger charge is -2.11. The van der Waals surface area contributed by atoms with Gasteiger partial charge >= 0.3 is 0 Å². The van der Waals surface area contributed by atoms with Crippen molar-refractivity contribution in [2.24, 2.45) is 0 Å². The van der Waals surface area contributed by atoms with Crippen LogP contribution in [0.25, 0.3) is 0 Å². The SMILES string of the molecule is C=CCc1cc(C)ccc1OCC[NH2+]C[C@@H](C)O. The van der Waals surface area contributed by atoms with E-state index in [-0.39, 0.29) is 6.10 Å². The van der Waals surface area contributed by atoms with Crippen molar-refractivity contribution < 1.29 is 15.2 Å². The minimum Gasteiger partial charge on any atom is -0.487 e. The van der Waals surface area contributed by atoms with Gasteiger partial charge in [0.25, 0.3) is 0 Å². The maximum absolute atomic E-state index is 9.13. The molecular weight excluding hydrogens is 226 g/mol. The van der Waals surface area contributed by atoms with Gasteiger partial charge in [-0.25, -0.2) is 0 Å². The number of rotatable bonds is 8. The fraction of sp³-hybridized carbons (Fsp3) is 0.467. The van der Waals surface area contributed by atoms with E-state index in [1.54, 1.807) is 6.92 Å². The molecule has 18 heavy (non-hydrogen) atoms. The van der Waals surface area contributed by atoms with Crippen molar-refractivity contribution in [1.29, 1.82) is 0 Å². The third-order valence-electron chi connectivity index (χ3n) is 2.67. The third-order valence-corrected chi connectivity index (χ3v) is 2.67. The number of nitrogens with two attached hydrogens (primary N) is 1. The molecule has 3 nitrogen and oxygen atoms in total. The van der Waals surface area contributed by atoms with Crippen LogP contribution in [0.1, 0.15) is 18.1 Å². The van der Waals surface area contributed by atoms with Gasteiger partial charge in [0.2, 0.25) is 0 Å². The van der Waals surface area contributed by atoms with Gasteiger partial charge in [0.15, 0.2) is 0 Å². The normalized spacial score (nSPS) is 12.2. The van der Waals surface area contributed by atoms with Crippen LogP contribution in [0.2, 0.25) is 0 Å². The summed E-state index contributed by atoms with van der Waals surface area (Å²) in [6.45, 7) is 9.86. The van der Waals surface area contributed by atoms with Crippen molar-refractivity contribution in [3.63, 3.8) is 0 Å². The molecule has 0 saturated heterocycles. The van der Waals surface area contributed by atoms with Crippen molar-refractivity contribution in [2.75, 3.05) is 19.7 Å². The first-order valence-electron chi connectivity index (χ1n) is 6.46. The summed E-state index contributed by atoms with van der Waals surface area (Å²) in [6, 6.07) is 6.21. The Labute approximate surface area is 109 Å². The molecule has 0 heterocycles. The van der Waals surface area contributed by atoms with Crippen molar-refractivity contribution >= 4 is 0 Å². The van der Waals surface area contributed by atoms with Gasteiger partial charge in [0, 0.05) is 0 Å². The number of ether oxygens (including phenoxy) is 1. The molecule has 1 aromatic rings. The van der Waals surface area contributed by atoms with Gasteiger partial charge in [-0.05, 0) is 31.9 Å². The number of hydrogen-bond acceptors (Lipinski definition) is 2. The molecule has 1 aromatic carbocycles. The average molecular weight is 250 g/mol. The van der Waals surface area contributed by atoms with E-state index in [4.69, 9.17) is 9.84 Å². The van der Waals surface area contributed by atoms with Crippen LogP contribution in [0.5, 0.6) is 5.75 Å². The Morgan fingerprint density at radius 1 is 1.50 bits per heavy atom. The molecule has 0 bridgehead atoms. The smallest absolute Gasteiger partial charge is 0.137 e. The van der Waals surface area contributed by atoms with Crippen LogP contribution in [-0.4, -0.2) is 30.9 Å². The quantitative estimate of drug-likeness (QED) is 0.535. The second-order valence-corrected chi connectivity index (χ2v) is 4.61. The van der Waals surface area contributed by atoms with Crippen LogP contribution in [0.3, 0.4) is 0 Å². The summed E-state index contributed by atoms with van der Waals surface area (Å²) in [5.41, 5.74) is 2.42. The fourth-order valence-electron chi connectivity index (χ4n) is 1.78. The highest BCUT2D eigenvalue weighted by molar-refractivity contribution is 5.38. The highest BCUT2D eigenvalue weighted by atomic mass is 16.5. The van der Waals surface area contributed by atoms with Crippen LogP contribution >= 0.6 is 0 Å². The van der Waals surface area contributed by atoms with E-state index < -0.39 is 0 Å². The Balaban J connectivity index is 2.43. The molecule has 0 aliphatic rings. The zero-order chi connectivity index (χ0) is 13.4. The molecule has 0 amide bonds. The summed E-state index contributed by atoms with van der Waals surface area (Å²) in [4.78, 5) is 0. The number of aliphatic hydroxyl groups excluding tert-OH is 1. The number of aliphatic hydroxyl groups is 1. The molecule has 0 radical (unpaired) electrons. The van der Waals surface area contributed by atoms with Gasteiger partial charge in [0.1, 0.15) is 25.4 Å². The number of aryl methyl sites for hydroxylation is 1. The maximum atomic E-state index is 9.13. The molecule has 3 N–H and O–H groups in total. The monoisotopic (exact) mass is 250 g/mol. The molecule has 100 valence electrons. The molecule has 0 spiro atoms. The van der Waals surface area contributed by atoms with Crippen molar-refractivity contribution in [3.8, 4) is 5.75 Å². The molecular formula is C15H24NO2+. The number of benzene rings is 1. The Hall–Kier alpha value is -1.32. The van der Waals surface area contributed by atoms with Gasteiger partial charge in [-0.2, -0.15) is 0 Å². The molecule has 1 rings (SSSR count). The highest BCUT2D eigenvalue weighted by Crippen LogP contribution is 2.20. The van der Waals surface area contributed by atoms with Crippen molar-refractivity contribution in [3.05, 3.63) is 42.0 Å². The van der Waals surface area contributed by atoms with Gasteiger partial charge in [-0.3, -0.25) is 0 Å². The summed E-state index contributed by atoms with van der Waals surface area (Å²) in [5.74, 6) is 0.936. The molecule has 0 aliphatic heterocycles. The summed E-state index contributed by atoms with van der Waals surface area (Å²) in [5, 5.41) is 11.2. The van der Waals surface area contributed by atoms with Crippen LogP contribution in [0, 0.1) is 6.92 Å². The maximum Gasteiger partial charge on any atom is 0.137 e. The number of quaternary nitrogens is 1. The molecule has 0 saturated carbocycles. The zero-order valence-corrected chi connectivity index (χ0v) is 11.4. The lowest BCUT2D eigenvalue weighted by atomic mass is 10.1. The van der Waals surface area contributed by atoms with Crippen LogP contribution in [-0.2, 0) is 6.42 Å². The minimum atomic E-state index is -0.263. The van der Waals surface area contributed by atoms with E-state index >= 15 is 0 Å². The van der Waals surface area contributed by atoms with E-state index in [0.29, 0.717) is 6.61 Å². The van der Waals surface area contributed by atoms with E-state index in [9.17, 15) is 0 Å². The van der Waals surface area contributed by atoms with Gasteiger partial charge in [-0.1, -0.05) is 23.8 Å². The van der Waals surface area contributed by atoms with Crippen LogP contribution in [0.4, 0.5) is 0 Å². The Kier molecular flexibility index (Phi) is 6.47. The third kappa shape index (κ3) is 5.34. The lowest BCUT2D eigenvalue weighted by Crippen LogP contribution is -2.87. The van der Waals surface area contributed by atoms with E-state index in [1.807, 2.05) is 12.1 Å². The van der Waals surface area contributed by atoms with E-state index in [2.05, 4.69) is 31.0 Å². The van der Waals surface area contributed by atoms with E-state index in [1.165, 1.54) is 11.1 Å². The Bertz CT molecular complexity index is 375. The first-order chi connectivity index (χ1) is 8.63. The van der Waals surface area contributed by atoms with Crippen molar-refractivity contribution in [2.45, 2.75) is 26.4 Å². The summed E-state index contributed by atoms with van der Waals surface area (Å²) < 4.78 is 5.77. The van der Waals surface area contributed by atoms with Crippen molar-refractivity contribution in [1.82, 2.24) is 0 Å². The number of allylic oxidation sites excluding steroid dienone is 1. The fourth-order valence-corrected chi connectivity index (χ4v) is 1.78. The summed E-state index contributed by atoms with van der Waals surface area (Å²) in [7, 11) is 0. The van der Waals surface area contributed by atoms with E-state index in [0.717, 1.165) is 25.3 Å². The Morgan fingerprint density at radius 2 is 2.28 bits per heavy atom. The standard InChI is InChI=1S/C15H23NO2/c1-4-5-14-10-12(2)6-7-15(14)18-9-8-16-11-13(3)17/h4,6-7,10,13,16-17H,1,5,8-9,11H2,2-3H3/p+1/t13-/m1/s1. The average Bonchev–Trinajstić information content (AvgIpc) is 2.31. The van der Waals surface area contributed by atoms with Crippen LogP contribution < -0.4 is 10.1 Å². The second kappa shape index (κ2) is 7.90. The molecule has 0 aromatic heterocycles. The van der Waals surface area contributed by atoms with Gasteiger partial charge in [-0.15, -0.1) is 6.58 Å². The molecule has 3 heteroatoms. The minimum absolute atomic E-state index is 0.263. The summed E-state index contributed by atoms with van der Waals surface area (Å²) in [6.07, 6.45) is 2.45. The van der Waals surface area contributed by atoms with Gasteiger partial charge in [0.05, 0.1) is 6.10 Å². The zero-order valence-electron chi connectivity index (χ0n) is 11.4. The predicted octanol–water partition coefficient (Wildman–Crippen LogP) is 1.05. The predicted molar refractivity (Wildman–Crippen MR) is 73.9 cm³/mol. The van der Waals surface area contributed by atoms with Crippen LogP contribution in [0.15, 0.2) is 30.9 Å². The Morgan fingerprint density at radius 3 is 2.94 bits per heavy atom. The number of hydrogen-bond donors (Lipinski definition) is 2. The first-order valence-corrected chi connectivity index (χ1v) is 6.46. The lowest BCUT2D eigenvalue weighted by molar-refractivity contribution is -0.661. The topological polar surface area (TPSA) is 46.1 Å². The molecule has 0 unspecified atom stereocenters. The second-order valence-electron chi connectivity index (χ2n) is 4.61. The first kappa shape index (κ1) is 14.7. The largest absolute Gasteiger partial charge is 0.487 e. The van der Waals surface area contributed by atoms with Gasteiger partial charge < -0.3 is 15.2 Å². The summed E-state index contributed by atoms with van der Waals surface area (Å²) >= 11 is 0. The highest BCUT2D eigenvalue weighted by Gasteiger charge is 2.03. The molecule has 0 fully saturated rings. The molecule has 0 aliphatic carbocycles. The molecule has 1 atom stereocenters.